The van der Waals surface area contributed by atoms with Gasteiger partial charge in [-0.2, -0.15) is 0 Å². The second kappa shape index (κ2) is 7.90. The van der Waals surface area contributed by atoms with Gasteiger partial charge in [0.1, 0.15) is 6.10 Å². The van der Waals surface area contributed by atoms with Crippen molar-refractivity contribution in [3.8, 4) is 11.5 Å². The van der Waals surface area contributed by atoms with E-state index in [2.05, 4.69) is 37.3 Å². The van der Waals surface area contributed by atoms with E-state index in [1.165, 1.54) is 18.1 Å². The largest absolute Gasteiger partial charge is 0.493 e. The van der Waals surface area contributed by atoms with E-state index in [4.69, 9.17) is 19.2 Å². The highest BCUT2D eigenvalue weighted by atomic mass is 16.5. The van der Waals surface area contributed by atoms with Crippen molar-refractivity contribution >= 4 is 11.7 Å². The predicted molar refractivity (Wildman–Crippen MR) is 112 cm³/mol. The van der Waals surface area contributed by atoms with Gasteiger partial charge in [-0.1, -0.05) is 29.8 Å². The van der Waals surface area contributed by atoms with Crippen LogP contribution >= 0.6 is 0 Å². The van der Waals surface area contributed by atoms with E-state index in [1.807, 2.05) is 6.07 Å². The zero-order valence-corrected chi connectivity index (χ0v) is 17.4. The van der Waals surface area contributed by atoms with Crippen LogP contribution in [0.1, 0.15) is 54.4 Å². The molecule has 1 heterocycles. The molecule has 0 N–H and O–H groups in total. The minimum Gasteiger partial charge on any atom is -0.493 e. The molecule has 0 radical (unpaired) electrons. The van der Waals surface area contributed by atoms with Crippen molar-refractivity contribution in [3.63, 3.8) is 0 Å². The van der Waals surface area contributed by atoms with E-state index in [9.17, 15) is 4.79 Å². The number of ether oxygens (including phenoxy) is 3. The first-order chi connectivity index (χ1) is 14.0. The number of benzene rings is 2. The second-order valence-electron chi connectivity index (χ2n) is 7.86. The van der Waals surface area contributed by atoms with Crippen LogP contribution in [-0.4, -0.2) is 38.0 Å². The summed E-state index contributed by atoms with van der Waals surface area (Å²) < 4.78 is 16.7. The third kappa shape index (κ3) is 3.74. The maximum atomic E-state index is 11.5. The first kappa shape index (κ1) is 19.5. The summed E-state index contributed by atoms with van der Waals surface area (Å²) in [6, 6.07) is 12.7. The van der Waals surface area contributed by atoms with Crippen LogP contribution in [0.25, 0.3) is 0 Å². The fourth-order valence-corrected chi connectivity index (χ4v) is 4.53. The Labute approximate surface area is 171 Å². The summed E-state index contributed by atoms with van der Waals surface area (Å²) >= 11 is 0. The Morgan fingerprint density at radius 2 is 1.72 bits per heavy atom. The summed E-state index contributed by atoms with van der Waals surface area (Å²) in [5, 5.41) is 0. The van der Waals surface area contributed by atoms with Crippen LogP contribution in [0, 0.1) is 6.92 Å². The lowest BCUT2D eigenvalue weighted by Crippen LogP contribution is -2.36. The van der Waals surface area contributed by atoms with Gasteiger partial charge < -0.3 is 14.2 Å². The summed E-state index contributed by atoms with van der Waals surface area (Å²) in [5.74, 6) is 1.37. The highest BCUT2D eigenvalue weighted by molar-refractivity contribution is 6.15. The molecule has 0 aromatic heterocycles. The SMILES string of the molecule is COc1cc2c(cc1OC)C1CC(OC(C)=O)CCC1N=C2c1ccc(C)cc1. The molecule has 1 aliphatic heterocycles. The van der Waals surface area contributed by atoms with Crippen molar-refractivity contribution in [2.45, 2.75) is 51.2 Å². The van der Waals surface area contributed by atoms with E-state index in [0.717, 1.165) is 36.1 Å². The summed E-state index contributed by atoms with van der Waals surface area (Å²) in [4.78, 5) is 16.6. The van der Waals surface area contributed by atoms with E-state index < -0.39 is 0 Å². The fraction of sp³-hybridized carbons (Fsp3) is 0.417. The fourth-order valence-electron chi connectivity index (χ4n) is 4.53. The van der Waals surface area contributed by atoms with Crippen molar-refractivity contribution in [2.75, 3.05) is 14.2 Å². The van der Waals surface area contributed by atoms with Gasteiger partial charge in [0, 0.05) is 24.0 Å². The number of hydrogen-bond acceptors (Lipinski definition) is 5. The molecule has 0 spiro atoms. The Balaban J connectivity index is 1.82. The summed E-state index contributed by atoms with van der Waals surface area (Å²) in [5.41, 5.74) is 5.57. The predicted octanol–water partition coefficient (Wildman–Crippen LogP) is 4.43. The van der Waals surface area contributed by atoms with Gasteiger partial charge >= 0.3 is 5.97 Å². The van der Waals surface area contributed by atoms with Gasteiger partial charge in [-0.15, -0.1) is 0 Å². The van der Waals surface area contributed by atoms with Crippen LogP contribution in [-0.2, 0) is 9.53 Å². The third-order valence-electron chi connectivity index (χ3n) is 5.93. The molecule has 0 amide bonds. The molecule has 3 unspecified atom stereocenters. The molecule has 5 nitrogen and oxygen atoms in total. The lowest BCUT2D eigenvalue weighted by atomic mass is 9.74. The van der Waals surface area contributed by atoms with Gasteiger partial charge in [0.05, 0.1) is 26.0 Å². The average Bonchev–Trinajstić information content (AvgIpc) is 2.72. The first-order valence-corrected chi connectivity index (χ1v) is 10.1. The third-order valence-corrected chi connectivity index (χ3v) is 5.93. The Kier molecular flexibility index (Phi) is 5.31. The molecule has 2 aliphatic rings. The lowest BCUT2D eigenvalue weighted by molar-refractivity contribution is -0.148. The van der Waals surface area contributed by atoms with Gasteiger partial charge in [-0.3, -0.25) is 9.79 Å². The number of aryl methyl sites for hydroxylation is 1. The molecular formula is C24H27NO4. The van der Waals surface area contributed by atoms with Crippen molar-refractivity contribution in [2.24, 2.45) is 4.99 Å². The summed E-state index contributed by atoms with van der Waals surface area (Å²) in [7, 11) is 3.30. The van der Waals surface area contributed by atoms with Gasteiger partial charge in [-0.25, -0.2) is 0 Å². The molecule has 3 atom stereocenters. The molecule has 2 aromatic rings. The lowest BCUT2D eigenvalue weighted by Gasteiger charge is -2.38. The number of hydrogen-bond donors (Lipinski definition) is 0. The number of rotatable bonds is 4. The van der Waals surface area contributed by atoms with Crippen molar-refractivity contribution in [1.29, 1.82) is 0 Å². The highest BCUT2D eigenvalue weighted by Crippen LogP contribution is 2.45. The molecular weight excluding hydrogens is 366 g/mol. The molecule has 1 aliphatic carbocycles. The number of fused-ring (bicyclic) bond motifs is 3. The number of esters is 1. The minimum atomic E-state index is -0.222. The molecule has 29 heavy (non-hydrogen) atoms. The smallest absolute Gasteiger partial charge is 0.302 e. The molecule has 5 heteroatoms. The van der Waals surface area contributed by atoms with Crippen LogP contribution in [0.2, 0.25) is 0 Å². The standard InChI is InChI=1S/C24H27NO4/c1-14-5-7-16(8-6-14)24-20-13-23(28-4)22(27-3)12-18(20)19-11-17(29-15(2)26)9-10-21(19)25-24/h5-8,12-13,17,19,21H,9-11H2,1-4H3. The Morgan fingerprint density at radius 1 is 1.03 bits per heavy atom. The molecule has 1 saturated carbocycles. The molecule has 4 rings (SSSR count). The molecule has 152 valence electrons. The van der Waals surface area contributed by atoms with Crippen LogP contribution in [0.15, 0.2) is 41.4 Å². The summed E-state index contributed by atoms with van der Waals surface area (Å²) in [6.07, 6.45) is 2.45. The highest BCUT2D eigenvalue weighted by Gasteiger charge is 2.38. The van der Waals surface area contributed by atoms with E-state index in [0.29, 0.717) is 11.5 Å². The molecule has 0 bridgehead atoms. The number of nitrogens with zero attached hydrogens (tertiary/aromatic N) is 1. The molecule has 0 saturated heterocycles. The molecule has 1 fully saturated rings. The zero-order valence-electron chi connectivity index (χ0n) is 17.4. The van der Waals surface area contributed by atoms with Crippen molar-refractivity contribution in [1.82, 2.24) is 0 Å². The maximum Gasteiger partial charge on any atom is 0.302 e. The average molecular weight is 393 g/mol. The van der Waals surface area contributed by atoms with Crippen LogP contribution < -0.4 is 9.47 Å². The van der Waals surface area contributed by atoms with Crippen LogP contribution in [0.4, 0.5) is 0 Å². The summed E-state index contributed by atoms with van der Waals surface area (Å²) in [6.45, 7) is 3.56. The van der Waals surface area contributed by atoms with Gasteiger partial charge in [0.15, 0.2) is 11.5 Å². The Morgan fingerprint density at radius 3 is 2.38 bits per heavy atom. The van der Waals surface area contributed by atoms with E-state index >= 15 is 0 Å². The quantitative estimate of drug-likeness (QED) is 0.721. The van der Waals surface area contributed by atoms with Gasteiger partial charge in [0.2, 0.25) is 0 Å². The maximum absolute atomic E-state index is 11.5. The normalized spacial score (nSPS) is 22.8. The van der Waals surface area contributed by atoms with Crippen LogP contribution in [0.5, 0.6) is 11.5 Å². The molecule has 2 aromatic carbocycles. The van der Waals surface area contributed by atoms with E-state index in [-0.39, 0.29) is 24.0 Å². The minimum absolute atomic E-state index is 0.0641. The van der Waals surface area contributed by atoms with Crippen LogP contribution in [0.3, 0.4) is 0 Å². The first-order valence-electron chi connectivity index (χ1n) is 10.1. The Hall–Kier alpha value is -2.82. The van der Waals surface area contributed by atoms with Gasteiger partial charge in [0.25, 0.3) is 0 Å². The van der Waals surface area contributed by atoms with Gasteiger partial charge in [-0.05, 0) is 43.9 Å². The number of aliphatic imine (C=N–C) groups is 1. The van der Waals surface area contributed by atoms with Crippen molar-refractivity contribution < 1.29 is 19.0 Å². The second-order valence-corrected chi connectivity index (χ2v) is 7.86. The van der Waals surface area contributed by atoms with Crippen molar-refractivity contribution in [3.05, 3.63) is 58.7 Å². The zero-order chi connectivity index (χ0) is 20.5. The van der Waals surface area contributed by atoms with E-state index in [1.54, 1.807) is 14.2 Å². The monoisotopic (exact) mass is 393 g/mol. The topological polar surface area (TPSA) is 57.1 Å². The number of methoxy groups -OCH3 is 2. The number of carbonyl (C=O) groups excluding carboxylic acids is 1. The Bertz CT molecular complexity index is 948. The number of carbonyl (C=O) groups is 1.